The molecular weight excluding hydrogens is 293 g/mol. The lowest BCUT2D eigenvalue weighted by Crippen LogP contribution is -2.21. The van der Waals surface area contributed by atoms with Crippen LogP contribution in [0.25, 0.3) is 0 Å². The molecule has 0 saturated carbocycles. The highest BCUT2D eigenvalue weighted by Crippen LogP contribution is 2.36. The highest BCUT2D eigenvalue weighted by Gasteiger charge is 2.24. The number of nitrogens with two attached hydrogens (primary N) is 1. The maximum Gasteiger partial charge on any atom is 0.0885 e. The fraction of sp³-hybridized carbons (Fsp3) is 0.250. The zero-order valence-electron chi connectivity index (χ0n) is 11.2. The second-order valence-corrected chi connectivity index (χ2v) is 5.65. The van der Waals surface area contributed by atoms with Crippen LogP contribution in [-0.4, -0.2) is 11.7 Å². The third-order valence-corrected chi connectivity index (χ3v) is 4.07. The molecule has 2 aromatic rings. The molecule has 0 saturated heterocycles. The van der Waals surface area contributed by atoms with Crippen molar-refractivity contribution in [2.75, 3.05) is 6.54 Å². The third-order valence-electron chi connectivity index (χ3n) is 3.50. The number of hydrogen-bond acceptors (Lipinski definition) is 2. The van der Waals surface area contributed by atoms with Crippen LogP contribution in [0.2, 0.25) is 10.0 Å². The molecule has 2 aromatic carbocycles. The summed E-state index contributed by atoms with van der Waals surface area (Å²) in [7, 11) is 0. The van der Waals surface area contributed by atoms with E-state index in [1.165, 1.54) is 0 Å². The van der Waals surface area contributed by atoms with Gasteiger partial charge in [0.15, 0.2) is 0 Å². The monoisotopic (exact) mass is 309 g/mol. The minimum Gasteiger partial charge on any atom is -0.388 e. The maximum atomic E-state index is 10.6. The highest BCUT2D eigenvalue weighted by atomic mass is 35.5. The van der Waals surface area contributed by atoms with Crippen molar-refractivity contribution in [1.82, 2.24) is 0 Å². The predicted molar refractivity (Wildman–Crippen MR) is 84.4 cm³/mol. The Bertz CT molecular complexity index is 601. The molecule has 3 N–H and O–H groups in total. The molecule has 2 atom stereocenters. The molecule has 0 aliphatic carbocycles. The van der Waals surface area contributed by atoms with Crippen molar-refractivity contribution in [2.24, 2.45) is 5.73 Å². The van der Waals surface area contributed by atoms with Crippen molar-refractivity contribution in [3.05, 3.63) is 69.2 Å². The topological polar surface area (TPSA) is 46.2 Å². The van der Waals surface area contributed by atoms with Crippen molar-refractivity contribution < 1.29 is 5.11 Å². The summed E-state index contributed by atoms with van der Waals surface area (Å²) < 4.78 is 0. The van der Waals surface area contributed by atoms with Gasteiger partial charge in [0.05, 0.1) is 6.10 Å². The molecular formula is C16H17Cl2NO. The average Bonchev–Trinajstić information content (AvgIpc) is 2.41. The molecule has 106 valence electrons. The molecule has 0 aliphatic rings. The van der Waals surface area contributed by atoms with Crippen molar-refractivity contribution in [3.63, 3.8) is 0 Å². The van der Waals surface area contributed by atoms with Gasteiger partial charge < -0.3 is 10.8 Å². The molecule has 0 aliphatic heterocycles. The lowest BCUT2D eigenvalue weighted by atomic mass is 9.87. The Morgan fingerprint density at radius 2 is 1.80 bits per heavy atom. The second-order valence-electron chi connectivity index (χ2n) is 4.81. The number of aliphatic hydroxyl groups is 1. The van der Waals surface area contributed by atoms with Crippen LogP contribution in [0.15, 0.2) is 42.5 Å². The van der Waals surface area contributed by atoms with Gasteiger partial charge >= 0.3 is 0 Å². The molecule has 2 nitrogen and oxygen atoms in total. The molecule has 0 bridgehead atoms. The van der Waals surface area contributed by atoms with Gasteiger partial charge in [-0.15, -0.1) is 0 Å². The largest absolute Gasteiger partial charge is 0.388 e. The Balaban J connectivity index is 2.39. The van der Waals surface area contributed by atoms with E-state index >= 15 is 0 Å². The normalized spacial score (nSPS) is 14.1. The summed E-state index contributed by atoms with van der Waals surface area (Å²) >= 11 is 12.1. The molecule has 0 radical (unpaired) electrons. The van der Waals surface area contributed by atoms with Crippen LogP contribution in [0, 0.1) is 6.92 Å². The lowest BCUT2D eigenvalue weighted by Gasteiger charge is -2.24. The van der Waals surface area contributed by atoms with E-state index in [1.807, 2.05) is 31.2 Å². The molecule has 20 heavy (non-hydrogen) atoms. The van der Waals surface area contributed by atoms with Crippen molar-refractivity contribution in [3.8, 4) is 0 Å². The number of rotatable bonds is 4. The summed E-state index contributed by atoms with van der Waals surface area (Å²) in [6.45, 7) is 2.35. The number of aryl methyl sites for hydroxylation is 1. The van der Waals surface area contributed by atoms with E-state index in [0.29, 0.717) is 22.2 Å². The molecule has 0 spiro atoms. The molecule has 2 unspecified atom stereocenters. The van der Waals surface area contributed by atoms with E-state index in [-0.39, 0.29) is 5.92 Å². The number of aliphatic hydroxyl groups excluding tert-OH is 1. The first-order valence-electron chi connectivity index (χ1n) is 6.43. The van der Waals surface area contributed by atoms with Crippen LogP contribution in [-0.2, 0) is 0 Å². The van der Waals surface area contributed by atoms with Gasteiger partial charge in [0.2, 0.25) is 0 Å². The Labute approximate surface area is 129 Å². The smallest absolute Gasteiger partial charge is 0.0885 e. The van der Waals surface area contributed by atoms with E-state index < -0.39 is 6.10 Å². The predicted octanol–water partition coefficient (Wildman–Crippen LogP) is 4.08. The van der Waals surface area contributed by atoms with Crippen LogP contribution in [0.4, 0.5) is 0 Å². The summed E-state index contributed by atoms with van der Waals surface area (Å²) in [5.41, 5.74) is 8.65. The SMILES string of the molecule is Cc1ccccc1C(CN)C(O)c1ccc(Cl)cc1Cl. The first-order valence-corrected chi connectivity index (χ1v) is 7.18. The maximum absolute atomic E-state index is 10.6. The van der Waals surface area contributed by atoms with Gasteiger partial charge in [-0.1, -0.05) is 53.5 Å². The van der Waals surface area contributed by atoms with Crippen LogP contribution in [0.3, 0.4) is 0 Å². The standard InChI is InChI=1S/C16H17Cl2NO/c1-10-4-2-3-5-12(10)14(9-19)16(20)13-7-6-11(17)8-15(13)18/h2-8,14,16,20H,9,19H2,1H3. The first-order chi connectivity index (χ1) is 9.54. The Kier molecular flexibility index (Phi) is 5.06. The lowest BCUT2D eigenvalue weighted by molar-refractivity contribution is 0.147. The minimum absolute atomic E-state index is 0.199. The fourth-order valence-electron chi connectivity index (χ4n) is 2.39. The Morgan fingerprint density at radius 3 is 2.40 bits per heavy atom. The molecule has 0 fully saturated rings. The Morgan fingerprint density at radius 1 is 1.10 bits per heavy atom. The number of benzene rings is 2. The van der Waals surface area contributed by atoms with Crippen molar-refractivity contribution in [1.29, 1.82) is 0 Å². The third kappa shape index (κ3) is 3.15. The van der Waals surface area contributed by atoms with Gasteiger partial charge in [-0.25, -0.2) is 0 Å². The summed E-state index contributed by atoms with van der Waals surface area (Å²) in [6.07, 6.45) is -0.758. The summed E-state index contributed by atoms with van der Waals surface area (Å²) in [4.78, 5) is 0. The summed E-state index contributed by atoms with van der Waals surface area (Å²) in [5.74, 6) is -0.199. The molecule has 0 amide bonds. The van der Waals surface area contributed by atoms with Crippen molar-refractivity contribution in [2.45, 2.75) is 18.9 Å². The quantitative estimate of drug-likeness (QED) is 0.894. The van der Waals surface area contributed by atoms with E-state index in [2.05, 4.69) is 0 Å². The summed E-state index contributed by atoms with van der Waals surface area (Å²) in [5, 5.41) is 11.6. The highest BCUT2D eigenvalue weighted by molar-refractivity contribution is 6.35. The first kappa shape index (κ1) is 15.3. The van der Waals surface area contributed by atoms with Crippen LogP contribution < -0.4 is 5.73 Å². The van der Waals surface area contributed by atoms with E-state index in [9.17, 15) is 5.11 Å². The minimum atomic E-state index is -0.758. The van der Waals surface area contributed by atoms with Crippen molar-refractivity contribution >= 4 is 23.2 Å². The van der Waals surface area contributed by atoms with Gasteiger partial charge in [0.25, 0.3) is 0 Å². The number of halogens is 2. The van der Waals surface area contributed by atoms with Gasteiger partial charge in [-0.3, -0.25) is 0 Å². The van der Waals surface area contributed by atoms with E-state index in [1.54, 1.807) is 18.2 Å². The van der Waals surface area contributed by atoms with E-state index in [0.717, 1.165) is 11.1 Å². The Hall–Kier alpha value is -1.06. The van der Waals surface area contributed by atoms with Crippen LogP contribution in [0.5, 0.6) is 0 Å². The van der Waals surface area contributed by atoms with Gasteiger partial charge in [0, 0.05) is 22.5 Å². The van der Waals surface area contributed by atoms with Crippen LogP contribution >= 0.6 is 23.2 Å². The number of hydrogen-bond donors (Lipinski definition) is 2. The summed E-state index contributed by atoms with van der Waals surface area (Å²) in [6, 6.07) is 13.0. The fourth-order valence-corrected chi connectivity index (χ4v) is 2.91. The zero-order valence-corrected chi connectivity index (χ0v) is 12.7. The second kappa shape index (κ2) is 6.59. The molecule has 4 heteroatoms. The molecule has 0 heterocycles. The average molecular weight is 310 g/mol. The zero-order chi connectivity index (χ0) is 14.7. The molecule has 2 rings (SSSR count). The van der Waals surface area contributed by atoms with Gasteiger partial charge in [-0.2, -0.15) is 0 Å². The van der Waals surface area contributed by atoms with Crippen LogP contribution in [0.1, 0.15) is 28.7 Å². The van der Waals surface area contributed by atoms with E-state index in [4.69, 9.17) is 28.9 Å². The van der Waals surface area contributed by atoms with Gasteiger partial charge in [0.1, 0.15) is 0 Å². The van der Waals surface area contributed by atoms with Gasteiger partial charge in [-0.05, 0) is 35.7 Å². The molecule has 0 aromatic heterocycles.